The molecule has 0 bridgehead atoms. The van der Waals surface area contributed by atoms with Gasteiger partial charge in [0, 0.05) is 12.1 Å². The normalized spacial score (nSPS) is 19.8. The zero-order valence-corrected chi connectivity index (χ0v) is 9.05. The van der Waals surface area contributed by atoms with E-state index in [1.165, 1.54) is 12.5 Å². The summed E-state index contributed by atoms with van der Waals surface area (Å²) in [6, 6.07) is 0. The van der Waals surface area contributed by atoms with Crippen LogP contribution in [0, 0.1) is 0 Å². The van der Waals surface area contributed by atoms with E-state index in [-0.39, 0.29) is 17.1 Å². The number of imidazole rings is 1. The first kappa shape index (κ1) is 10.6. The molecular weight excluding hydrogens is 216 g/mol. The van der Waals surface area contributed by atoms with Crippen LogP contribution < -0.4 is 10.5 Å². The smallest absolute Gasteiger partial charge is 0.257 e. The molecule has 2 rings (SSSR count). The van der Waals surface area contributed by atoms with Crippen molar-refractivity contribution in [3.05, 3.63) is 12.5 Å². The van der Waals surface area contributed by atoms with Gasteiger partial charge in [0.05, 0.1) is 12.5 Å². The molecule has 1 fully saturated rings. The molecule has 0 saturated heterocycles. The van der Waals surface area contributed by atoms with Crippen LogP contribution >= 0.6 is 0 Å². The maximum atomic E-state index is 11.6. The van der Waals surface area contributed by atoms with Gasteiger partial charge in [0.15, 0.2) is 5.03 Å². The Morgan fingerprint density at radius 1 is 1.60 bits per heavy atom. The first-order valence-corrected chi connectivity index (χ1v) is 6.27. The summed E-state index contributed by atoms with van der Waals surface area (Å²) in [7, 11) is -3.47. The Morgan fingerprint density at radius 3 is 2.80 bits per heavy atom. The first-order chi connectivity index (χ1) is 7.02. The van der Waals surface area contributed by atoms with Crippen LogP contribution in [0.4, 0.5) is 0 Å². The Bertz CT molecular complexity index is 422. The van der Waals surface area contributed by atoms with E-state index in [1.807, 2.05) is 0 Å². The van der Waals surface area contributed by atoms with Crippen LogP contribution in [0.2, 0.25) is 0 Å². The minimum atomic E-state index is -3.47. The fourth-order valence-corrected chi connectivity index (χ4v) is 2.55. The molecule has 6 nitrogen and oxygen atoms in total. The standard InChI is InChI=1S/C8H14N4O2S/c9-8(2-1-3-8)5-12-15(13,14)7-4-10-6-11-7/h4,6,12H,1-3,5,9H2,(H,10,11). The number of nitrogens with two attached hydrogens (primary N) is 1. The van der Waals surface area contributed by atoms with Gasteiger partial charge >= 0.3 is 0 Å². The quantitative estimate of drug-likeness (QED) is 0.653. The molecule has 0 unspecified atom stereocenters. The van der Waals surface area contributed by atoms with E-state index in [0.29, 0.717) is 0 Å². The summed E-state index contributed by atoms with van der Waals surface area (Å²) in [6.45, 7) is 0.286. The number of nitrogens with zero attached hydrogens (tertiary/aromatic N) is 1. The lowest BCUT2D eigenvalue weighted by Crippen LogP contribution is -2.54. The van der Waals surface area contributed by atoms with Gasteiger partial charge in [0.1, 0.15) is 0 Å². The van der Waals surface area contributed by atoms with Gasteiger partial charge in [-0.2, -0.15) is 0 Å². The van der Waals surface area contributed by atoms with Crippen molar-refractivity contribution in [1.82, 2.24) is 14.7 Å². The van der Waals surface area contributed by atoms with E-state index in [1.54, 1.807) is 0 Å². The molecule has 0 aromatic carbocycles. The summed E-state index contributed by atoms with van der Waals surface area (Å²) in [5.74, 6) is 0. The van der Waals surface area contributed by atoms with E-state index in [0.717, 1.165) is 19.3 Å². The molecule has 0 aliphatic heterocycles. The second kappa shape index (κ2) is 3.58. The molecule has 7 heteroatoms. The average molecular weight is 230 g/mol. The molecule has 0 spiro atoms. The topological polar surface area (TPSA) is 101 Å². The molecule has 84 valence electrons. The van der Waals surface area contributed by atoms with Gasteiger partial charge in [-0.25, -0.2) is 18.1 Å². The fourth-order valence-electron chi connectivity index (χ4n) is 1.51. The van der Waals surface area contributed by atoms with Crippen molar-refractivity contribution < 1.29 is 8.42 Å². The predicted molar refractivity (Wildman–Crippen MR) is 54.5 cm³/mol. The largest absolute Gasteiger partial charge is 0.335 e. The second-order valence-electron chi connectivity index (χ2n) is 3.96. The van der Waals surface area contributed by atoms with Crippen LogP contribution in [0.25, 0.3) is 0 Å². The molecular formula is C8H14N4O2S. The third-order valence-electron chi connectivity index (χ3n) is 2.73. The lowest BCUT2D eigenvalue weighted by Gasteiger charge is -2.37. The van der Waals surface area contributed by atoms with E-state index in [9.17, 15) is 8.42 Å². The van der Waals surface area contributed by atoms with Gasteiger partial charge in [-0.15, -0.1) is 0 Å². The number of aromatic nitrogens is 2. The minimum Gasteiger partial charge on any atom is -0.335 e. The second-order valence-corrected chi connectivity index (χ2v) is 5.69. The minimum absolute atomic E-state index is 0.0745. The van der Waals surface area contributed by atoms with Crippen molar-refractivity contribution in [3.8, 4) is 0 Å². The number of nitrogens with one attached hydrogen (secondary N) is 2. The Labute approximate surface area is 88.3 Å². The number of sulfonamides is 1. The zero-order chi connectivity index (χ0) is 10.9. The number of H-pyrrole nitrogens is 1. The van der Waals surface area contributed by atoms with E-state index < -0.39 is 10.0 Å². The SMILES string of the molecule is NC1(CNS(=O)(=O)c2cnc[nH]2)CCC1. The lowest BCUT2D eigenvalue weighted by atomic mass is 9.78. The molecule has 15 heavy (non-hydrogen) atoms. The summed E-state index contributed by atoms with van der Waals surface area (Å²) in [4.78, 5) is 6.21. The summed E-state index contributed by atoms with van der Waals surface area (Å²) in [6.07, 6.45) is 5.42. The van der Waals surface area contributed by atoms with Crippen LogP contribution in [-0.4, -0.2) is 30.5 Å². The monoisotopic (exact) mass is 230 g/mol. The van der Waals surface area contributed by atoms with Crippen molar-refractivity contribution in [2.24, 2.45) is 5.73 Å². The van der Waals surface area contributed by atoms with E-state index in [2.05, 4.69) is 14.7 Å². The van der Waals surface area contributed by atoms with Crippen LogP contribution in [0.15, 0.2) is 17.6 Å². The first-order valence-electron chi connectivity index (χ1n) is 4.79. The molecule has 1 aliphatic rings. The van der Waals surface area contributed by atoms with Gasteiger partial charge in [-0.3, -0.25) is 0 Å². The lowest BCUT2D eigenvalue weighted by molar-refractivity contribution is 0.251. The number of rotatable bonds is 4. The highest BCUT2D eigenvalue weighted by molar-refractivity contribution is 7.89. The average Bonchev–Trinajstić information content (AvgIpc) is 2.65. The summed E-state index contributed by atoms with van der Waals surface area (Å²) >= 11 is 0. The van der Waals surface area contributed by atoms with Crippen LogP contribution in [0.5, 0.6) is 0 Å². The molecule has 0 atom stereocenters. The van der Waals surface area contributed by atoms with Crippen molar-refractivity contribution >= 4 is 10.0 Å². The van der Waals surface area contributed by atoms with E-state index >= 15 is 0 Å². The Morgan fingerprint density at radius 2 is 2.33 bits per heavy atom. The highest BCUT2D eigenvalue weighted by Crippen LogP contribution is 2.28. The number of hydrogen-bond donors (Lipinski definition) is 3. The van der Waals surface area contributed by atoms with Crippen LogP contribution in [0.1, 0.15) is 19.3 Å². The predicted octanol–water partition coefficient (Wildman–Crippen LogP) is -0.431. The third-order valence-corrected chi connectivity index (χ3v) is 4.05. The maximum absolute atomic E-state index is 11.6. The van der Waals surface area contributed by atoms with Gasteiger partial charge in [0.25, 0.3) is 10.0 Å². The fraction of sp³-hybridized carbons (Fsp3) is 0.625. The Hall–Kier alpha value is -0.920. The molecule has 1 aliphatic carbocycles. The summed E-state index contributed by atoms with van der Waals surface area (Å²) in [5.41, 5.74) is 5.56. The number of aromatic amines is 1. The Balaban J connectivity index is 2.00. The zero-order valence-electron chi connectivity index (χ0n) is 8.23. The summed E-state index contributed by atoms with van der Waals surface area (Å²) in [5, 5.41) is 0.0745. The highest BCUT2D eigenvalue weighted by Gasteiger charge is 2.33. The van der Waals surface area contributed by atoms with Gasteiger partial charge in [0.2, 0.25) is 0 Å². The van der Waals surface area contributed by atoms with Crippen molar-refractivity contribution in [3.63, 3.8) is 0 Å². The molecule has 1 aromatic heterocycles. The van der Waals surface area contributed by atoms with E-state index in [4.69, 9.17) is 5.73 Å². The molecule has 0 radical (unpaired) electrons. The van der Waals surface area contributed by atoms with Crippen molar-refractivity contribution in [2.75, 3.05) is 6.54 Å². The molecule has 4 N–H and O–H groups in total. The third kappa shape index (κ3) is 2.19. The Kier molecular flexibility index (Phi) is 2.53. The van der Waals surface area contributed by atoms with Crippen molar-refractivity contribution in [2.45, 2.75) is 29.8 Å². The molecule has 1 heterocycles. The van der Waals surface area contributed by atoms with Crippen LogP contribution in [0.3, 0.4) is 0 Å². The summed E-state index contributed by atoms with van der Waals surface area (Å²) < 4.78 is 25.8. The molecule has 1 aromatic rings. The maximum Gasteiger partial charge on any atom is 0.257 e. The molecule has 1 saturated carbocycles. The molecule has 0 amide bonds. The van der Waals surface area contributed by atoms with Crippen molar-refractivity contribution in [1.29, 1.82) is 0 Å². The van der Waals surface area contributed by atoms with Gasteiger partial charge in [-0.05, 0) is 19.3 Å². The number of hydrogen-bond acceptors (Lipinski definition) is 4. The van der Waals surface area contributed by atoms with Gasteiger partial charge in [-0.1, -0.05) is 0 Å². The van der Waals surface area contributed by atoms with Gasteiger partial charge < -0.3 is 10.7 Å². The van der Waals surface area contributed by atoms with Crippen LogP contribution in [-0.2, 0) is 10.0 Å². The highest BCUT2D eigenvalue weighted by atomic mass is 32.2.